The predicted molar refractivity (Wildman–Crippen MR) is 92.0 cm³/mol. The summed E-state index contributed by atoms with van der Waals surface area (Å²) in [6, 6.07) is 4.64. The van der Waals surface area contributed by atoms with Crippen LogP contribution in [0.3, 0.4) is 0 Å². The molecule has 0 fully saturated rings. The van der Waals surface area contributed by atoms with Crippen molar-refractivity contribution >= 4 is 30.5 Å². The van der Waals surface area contributed by atoms with Crippen molar-refractivity contribution in [1.82, 2.24) is 0 Å². The third-order valence-electron chi connectivity index (χ3n) is 3.39. The summed E-state index contributed by atoms with van der Waals surface area (Å²) in [7, 11) is 9.78. The molecule has 0 aliphatic carbocycles. The van der Waals surface area contributed by atoms with Crippen molar-refractivity contribution in [2.45, 2.75) is 26.2 Å². The first-order valence-electron chi connectivity index (χ1n) is 7.31. The van der Waals surface area contributed by atoms with Crippen LogP contribution in [-0.4, -0.2) is 11.3 Å². The number of aromatic hydroxyl groups is 1. The zero-order valence-corrected chi connectivity index (χ0v) is 17.4. The summed E-state index contributed by atoms with van der Waals surface area (Å²) in [5.41, 5.74) is -1.10. The molecule has 2 nitrogen and oxygen atoms in total. The van der Waals surface area contributed by atoms with Gasteiger partial charge in [-0.15, -0.1) is 0 Å². The van der Waals surface area contributed by atoms with Crippen molar-refractivity contribution in [3.63, 3.8) is 0 Å². The van der Waals surface area contributed by atoms with Crippen LogP contribution in [0, 0.1) is 29.1 Å². The Labute approximate surface area is 169 Å². The van der Waals surface area contributed by atoms with Gasteiger partial charge in [0.2, 0.25) is 5.82 Å². The number of phenolic OH excluding ortho intramolecular Hbond substituents is 1. The molecule has 10 heteroatoms. The predicted octanol–water partition coefficient (Wildman–Crippen LogP) is 6.51. The van der Waals surface area contributed by atoms with E-state index in [9.17, 15) is 27.1 Å². The van der Waals surface area contributed by atoms with Crippen LogP contribution in [0.15, 0.2) is 23.2 Å². The molecule has 1 N–H and O–H groups in total. The van der Waals surface area contributed by atoms with E-state index in [4.69, 9.17) is 18.6 Å². The second-order valence-corrected chi connectivity index (χ2v) is 8.82. The molecule has 2 aromatic carbocycles. The van der Waals surface area contributed by atoms with Crippen LogP contribution >= 0.6 is 18.6 Å². The minimum atomic E-state index is -2.25. The average Bonchev–Trinajstić information content (AvgIpc) is 2.59. The van der Waals surface area contributed by atoms with Crippen molar-refractivity contribution in [3.8, 4) is 5.75 Å². The number of hydrogen-bond donors (Lipinski definition) is 1. The van der Waals surface area contributed by atoms with Crippen molar-refractivity contribution in [2.75, 3.05) is 0 Å². The number of benzene rings is 2. The van der Waals surface area contributed by atoms with Gasteiger partial charge in [-0.1, -0.05) is 32.9 Å². The van der Waals surface area contributed by atoms with Gasteiger partial charge in [0, 0.05) is 11.8 Å². The van der Waals surface area contributed by atoms with E-state index in [2.05, 4.69) is 4.99 Å². The van der Waals surface area contributed by atoms with Gasteiger partial charge in [0.25, 0.3) is 0 Å². The van der Waals surface area contributed by atoms with E-state index in [1.807, 2.05) is 20.8 Å². The molecule has 27 heavy (non-hydrogen) atoms. The quantitative estimate of drug-likeness (QED) is 0.178. The molecule has 2 rings (SSSR count). The number of rotatable bonds is 2. The molecule has 0 saturated carbocycles. The molecule has 2 aromatic rings. The van der Waals surface area contributed by atoms with E-state index in [0.29, 0.717) is 5.56 Å². The van der Waals surface area contributed by atoms with Crippen LogP contribution in [0.1, 0.15) is 31.9 Å². The van der Waals surface area contributed by atoms with Crippen LogP contribution < -0.4 is 0 Å². The first-order valence-corrected chi connectivity index (χ1v) is 11.6. The maximum atomic E-state index is 13.6. The SMILES string of the molecule is CC(C)(C)c1cccc(C=Nc2c(F)c(F)c(F)c(F)c2F)c1O.[Cl][Ti][Cl]. The van der Waals surface area contributed by atoms with E-state index in [1.165, 1.54) is 6.07 Å². The molecule has 0 aromatic heterocycles. The number of nitrogens with zero attached hydrogens (tertiary/aromatic N) is 1. The molecule has 0 radical (unpaired) electrons. The molecule has 0 aliphatic rings. The van der Waals surface area contributed by atoms with E-state index in [1.54, 1.807) is 12.1 Å². The Morgan fingerprint density at radius 3 is 1.81 bits per heavy atom. The Morgan fingerprint density at radius 2 is 1.37 bits per heavy atom. The number of halogens is 7. The normalized spacial score (nSPS) is 11.3. The molecule has 146 valence electrons. The molecule has 0 atom stereocenters. The Balaban J connectivity index is 0.00000114. The second kappa shape index (κ2) is 9.87. The second-order valence-electron chi connectivity index (χ2n) is 6.24. The Morgan fingerprint density at radius 1 is 0.926 bits per heavy atom. The molecular formula is C17H14Cl2F5NOTi. The molecule has 0 unspecified atom stereocenters. The van der Waals surface area contributed by atoms with Crippen molar-refractivity contribution < 1.29 is 44.1 Å². The summed E-state index contributed by atoms with van der Waals surface area (Å²) in [4.78, 5) is 3.34. The topological polar surface area (TPSA) is 32.6 Å². The van der Waals surface area contributed by atoms with Gasteiger partial charge >= 0.3 is 35.6 Å². The zero-order chi connectivity index (χ0) is 20.9. The van der Waals surface area contributed by atoms with Gasteiger partial charge in [-0.25, -0.2) is 26.9 Å². The van der Waals surface area contributed by atoms with Crippen molar-refractivity contribution in [2.24, 2.45) is 4.99 Å². The summed E-state index contributed by atoms with van der Waals surface area (Å²) >= 11 is -0.556. The third-order valence-corrected chi connectivity index (χ3v) is 3.39. The number of hydrogen-bond acceptors (Lipinski definition) is 2. The van der Waals surface area contributed by atoms with Crippen LogP contribution in [-0.2, 0) is 22.4 Å². The Kier molecular flexibility index (Phi) is 8.73. The van der Waals surface area contributed by atoms with Gasteiger partial charge in [-0.2, -0.15) is 0 Å². The fourth-order valence-electron chi connectivity index (χ4n) is 2.11. The maximum absolute atomic E-state index is 13.6. The summed E-state index contributed by atoms with van der Waals surface area (Å²) in [5.74, 6) is -10.6. The Bertz CT molecular complexity index is 827. The van der Waals surface area contributed by atoms with Crippen LogP contribution in [0.25, 0.3) is 0 Å². The van der Waals surface area contributed by atoms with Gasteiger partial charge < -0.3 is 5.11 Å². The summed E-state index contributed by atoms with van der Waals surface area (Å²) in [5, 5.41) is 10.2. The average molecular weight is 462 g/mol. The minimum absolute atomic E-state index is 0.0892. The molecule has 0 bridgehead atoms. The van der Waals surface area contributed by atoms with E-state index < -0.39 is 57.2 Å². The van der Waals surface area contributed by atoms with Crippen LogP contribution in [0.2, 0.25) is 0 Å². The van der Waals surface area contributed by atoms with Gasteiger partial charge in [-0.05, 0) is 17.0 Å². The molecular weight excluding hydrogens is 448 g/mol. The van der Waals surface area contributed by atoms with Crippen molar-refractivity contribution in [1.29, 1.82) is 0 Å². The van der Waals surface area contributed by atoms with Gasteiger partial charge in [0.05, 0.1) is 0 Å². The fraction of sp³-hybridized carbons (Fsp3) is 0.235. The van der Waals surface area contributed by atoms with Crippen molar-refractivity contribution in [3.05, 3.63) is 58.4 Å². The van der Waals surface area contributed by atoms with Gasteiger partial charge in [-0.3, -0.25) is 0 Å². The summed E-state index contributed by atoms with van der Waals surface area (Å²) < 4.78 is 66.4. The Hall–Kier alpha value is -1.15. The van der Waals surface area contributed by atoms with E-state index in [0.717, 1.165) is 6.21 Å². The van der Waals surface area contributed by atoms with Crippen LogP contribution in [0.4, 0.5) is 27.6 Å². The number of para-hydroxylation sites is 1. The fourth-order valence-corrected chi connectivity index (χ4v) is 2.11. The molecule has 0 saturated heterocycles. The molecule has 0 heterocycles. The first kappa shape index (κ1) is 23.9. The number of aliphatic imine (C=N–C) groups is 1. The van der Waals surface area contributed by atoms with E-state index >= 15 is 0 Å². The monoisotopic (exact) mass is 461 g/mol. The molecule has 0 aliphatic heterocycles. The summed E-state index contributed by atoms with van der Waals surface area (Å²) in [6.07, 6.45) is 0.850. The van der Waals surface area contributed by atoms with Gasteiger partial charge in [0.1, 0.15) is 11.4 Å². The number of phenols is 1. The third kappa shape index (κ3) is 5.67. The van der Waals surface area contributed by atoms with E-state index in [-0.39, 0.29) is 11.3 Å². The van der Waals surface area contributed by atoms with Gasteiger partial charge in [0.15, 0.2) is 23.3 Å². The standard InChI is InChI=1S/C17H14F5NO.2ClH.Ti/c1-17(2,3)9-6-4-5-8(16(9)24)7-23-15-13(21)11(19)10(18)12(20)14(15)22;;;/h4-7,24H,1-3H3;2*1H;/q;;;+2/p-2. The first-order chi connectivity index (χ1) is 12.5. The van der Waals surface area contributed by atoms with Crippen LogP contribution in [0.5, 0.6) is 5.75 Å². The summed E-state index contributed by atoms with van der Waals surface area (Å²) in [6.45, 7) is 5.52. The zero-order valence-electron chi connectivity index (χ0n) is 14.3. The molecule has 0 amide bonds. The molecule has 0 spiro atoms.